The van der Waals surface area contributed by atoms with Crippen molar-refractivity contribution in [2.24, 2.45) is 0 Å². The molecule has 0 unspecified atom stereocenters. The van der Waals surface area contributed by atoms with Crippen LogP contribution in [0.2, 0.25) is 0 Å². The van der Waals surface area contributed by atoms with Crippen molar-refractivity contribution in [3.63, 3.8) is 0 Å². The minimum atomic E-state index is -1.14. The van der Waals surface area contributed by atoms with Crippen LogP contribution < -0.4 is 56.5 Å². The Labute approximate surface area is 178 Å². The van der Waals surface area contributed by atoms with E-state index in [-0.39, 0.29) is 56.9 Å². The molecule has 0 aliphatic rings. The molecular formula is C19H18KNO2. The third-order valence-electron chi connectivity index (χ3n) is 4.29. The third kappa shape index (κ3) is 3.62. The summed E-state index contributed by atoms with van der Waals surface area (Å²) < 4.78 is 2.12. The van der Waals surface area contributed by atoms with Gasteiger partial charge in [0.2, 0.25) is 0 Å². The molecule has 112 valence electrons. The summed E-state index contributed by atoms with van der Waals surface area (Å²) in [6, 6.07) is 11.4. The van der Waals surface area contributed by atoms with Crippen LogP contribution in [0, 0.1) is 20.8 Å². The van der Waals surface area contributed by atoms with Crippen molar-refractivity contribution in [2.45, 2.75) is 27.3 Å². The summed E-state index contributed by atoms with van der Waals surface area (Å²) in [7, 11) is 0. The quantitative estimate of drug-likeness (QED) is 0.634. The minimum Gasteiger partial charge on any atom is -0.545 e. The fourth-order valence-corrected chi connectivity index (χ4v) is 3.00. The molecule has 3 nitrogen and oxygen atoms in total. The molecule has 0 atom stereocenters. The van der Waals surface area contributed by atoms with Crippen molar-refractivity contribution in [1.82, 2.24) is 4.57 Å². The maximum atomic E-state index is 11.1. The van der Waals surface area contributed by atoms with Crippen molar-refractivity contribution in [3.8, 4) is 0 Å². The first-order chi connectivity index (χ1) is 10.5. The molecule has 0 aliphatic heterocycles. The van der Waals surface area contributed by atoms with Gasteiger partial charge in [-0.05, 0) is 54.7 Å². The second-order valence-electron chi connectivity index (χ2n) is 5.83. The number of carbonyl (C=O) groups excluding carboxylic acids is 1. The van der Waals surface area contributed by atoms with Gasteiger partial charge in [-0.25, -0.2) is 0 Å². The van der Waals surface area contributed by atoms with E-state index < -0.39 is 5.97 Å². The molecule has 23 heavy (non-hydrogen) atoms. The largest absolute Gasteiger partial charge is 1.00 e. The van der Waals surface area contributed by atoms with Gasteiger partial charge >= 0.3 is 51.4 Å². The van der Waals surface area contributed by atoms with Crippen LogP contribution in [0.4, 0.5) is 0 Å². The number of rotatable bonds is 3. The summed E-state index contributed by atoms with van der Waals surface area (Å²) in [5.41, 5.74) is 6.06. The molecule has 0 radical (unpaired) electrons. The van der Waals surface area contributed by atoms with Gasteiger partial charge in [-0.1, -0.05) is 30.3 Å². The summed E-state index contributed by atoms with van der Waals surface area (Å²) in [5.74, 6) is -1.14. The number of carboxylic acids is 1. The molecular weight excluding hydrogens is 313 g/mol. The Kier molecular flexibility index (Phi) is 5.87. The van der Waals surface area contributed by atoms with Gasteiger partial charge in [0.1, 0.15) is 0 Å². The normalized spacial score (nSPS) is 10.6. The van der Waals surface area contributed by atoms with E-state index in [4.69, 9.17) is 0 Å². The molecule has 0 aliphatic carbocycles. The first-order valence-electron chi connectivity index (χ1n) is 7.33. The molecule has 3 aromatic rings. The van der Waals surface area contributed by atoms with Gasteiger partial charge in [0.25, 0.3) is 0 Å². The summed E-state index contributed by atoms with van der Waals surface area (Å²) in [4.78, 5) is 11.1. The second kappa shape index (κ2) is 7.32. The van der Waals surface area contributed by atoms with Crippen molar-refractivity contribution in [2.75, 3.05) is 0 Å². The molecule has 2 aromatic carbocycles. The van der Waals surface area contributed by atoms with Crippen LogP contribution in [0.25, 0.3) is 10.9 Å². The van der Waals surface area contributed by atoms with E-state index in [1.807, 2.05) is 13.0 Å². The number of carboxylic acid groups (broad SMARTS) is 1. The SMILES string of the molecule is Cc1cccc(C)c1Cn1cc(C)c2ccc(C(=O)[O-])cc21.[K+]. The van der Waals surface area contributed by atoms with Crippen molar-refractivity contribution >= 4 is 16.9 Å². The number of benzene rings is 2. The number of hydrogen-bond acceptors (Lipinski definition) is 2. The zero-order valence-electron chi connectivity index (χ0n) is 14.0. The molecule has 4 heteroatoms. The molecule has 0 amide bonds. The van der Waals surface area contributed by atoms with Crippen LogP contribution in [-0.4, -0.2) is 10.5 Å². The van der Waals surface area contributed by atoms with E-state index in [1.54, 1.807) is 12.1 Å². The Balaban J connectivity index is 0.00000192. The van der Waals surface area contributed by atoms with E-state index in [9.17, 15) is 9.90 Å². The number of aromatic nitrogens is 1. The number of nitrogens with zero attached hydrogens (tertiary/aromatic N) is 1. The van der Waals surface area contributed by atoms with Crippen LogP contribution in [0.5, 0.6) is 0 Å². The van der Waals surface area contributed by atoms with Crippen molar-refractivity contribution in [1.29, 1.82) is 0 Å². The Morgan fingerprint density at radius 2 is 1.70 bits per heavy atom. The first kappa shape index (κ1) is 18.4. The average molecular weight is 331 g/mol. The predicted octanol–water partition coefficient (Wildman–Crippen LogP) is -0.0176. The molecule has 0 saturated carbocycles. The number of aryl methyl sites for hydroxylation is 3. The van der Waals surface area contributed by atoms with Crippen molar-refractivity contribution < 1.29 is 61.3 Å². The molecule has 0 spiro atoms. The van der Waals surface area contributed by atoms with Gasteiger partial charge in [-0.2, -0.15) is 0 Å². The Bertz CT molecular complexity index is 860. The van der Waals surface area contributed by atoms with E-state index >= 15 is 0 Å². The average Bonchev–Trinajstić information content (AvgIpc) is 2.79. The summed E-state index contributed by atoms with van der Waals surface area (Å²) >= 11 is 0. The smallest absolute Gasteiger partial charge is 0.545 e. The van der Waals surface area contributed by atoms with Crippen molar-refractivity contribution in [3.05, 3.63) is 70.4 Å². The first-order valence-corrected chi connectivity index (χ1v) is 7.33. The molecule has 0 N–H and O–H groups in total. The zero-order valence-corrected chi connectivity index (χ0v) is 17.1. The van der Waals surface area contributed by atoms with Crippen LogP contribution in [0.15, 0.2) is 42.6 Å². The van der Waals surface area contributed by atoms with E-state index in [2.05, 4.69) is 42.8 Å². The van der Waals surface area contributed by atoms with Gasteiger partial charge in [-0.3, -0.25) is 0 Å². The Morgan fingerprint density at radius 1 is 1.04 bits per heavy atom. The van der Waals surface area contributed by atoms with Gasteiger partial charge in [0.15, 0.2) is 0 Å². The number of hydrogen-bond donors (Lipinski definition) is 0. The topological polar surface area (TPSA) is 45.1 Å². The number of fused-ring (bicyclic) bond motifs is 1. The molecule has 3 rings (SSSR count). The maximum Gasteiger partial charge on any atom is 1.00 e. The van der Waals surface area contributed by atoms with Gasteiger partial charge in [-0.15, -0.1) is 0 Å². The zero-order chi connectivity index (χ0) is 15.9. The monoisotopic (exact) mass is 331 g/mol. The molecule has 1 heterocycles. The predicted molar refractivity (Wildman–Crippen MR) is 86.0 cm³/mol. The maximum absolute atomic E-state index is 11.1. The summed E-state index contributed by atoms with van der Waals surface area (Å²) in [6.45, 7) is 6.99. The second-order valence-corrected chi connectivity index (χ2v) is 5.83. The summed E-state index contributed by atoms with van der Waals surface area (Å²) in [5, 5.41) is 12.2. The summed E-state index contributed by atoms with van der Waals surface area (Å²) in [6.07, 6.45) is 2.08. The third-order valence-corrected chi connectivity index (χ3v) is 4.29. The van der Waals surface area contributed by atoms with Gasteiger partial charge in [0.05, 0.1) is 5.97 Å². The van der Waals surface area contributed by atoms with E-state index in [1.165, 1.54) is 16.7 Å². The molecule has 0 saturated heterocycles. The Morgan fingerprint density at radius 3 is 2.30 bits per heavy atom. The van der Waals surface area contributed by atoms with Crippen LogP contribution in [-0.2, 0) is 6.54 Å². The van der Waals surface area contributed by atoms with Crippen LogP contribution >= 0.6 is 0 Å². The Hall–Kier alpha value is -0.914. The van der Waals surface area contributed by atoms with Crippen LogP contribution in [0.1, 0.15) is 32.6 Å². The van der Waals surface area contributed by atoms with Gasteiger partial charge in [0, 0.05) is 23.6 Å². The molecule has 1 aromatic heterocycles. The fraction of sp³-hybridized carbons (Fsp3) is 0.211. The fourth-order valence-electron chi connectivity index (χ4n) is 3.00. The standard InChI is InChI=1S/C19H19NO2.K/c1-12-5-4-6-13(2)17(12)11-20-10-14(3)16-8-7-15(19(21)22)9-18(16)20;/h4-10H,11H2,1-3H3,(H,21,22);/q;+1/p-1. The number of aromatic carboxylic acids is 1. The molecule has 0 bridgehead atoms. The number of carbonyl (C=O) groups is 1. The van der Waals surface area contributed by atoms with E-state index in [0.29, 0.717) is 0 Å². The van der Waals surface area contributed by atoms with Gasteiger partial charge < -0.3 is 14.5 Å². The van der Waals surface area contributed by atoms with E-state index in [0.717, 1.165) is 23.0 Å². The van der Waals surface area contributed by atoms with Crippen LogP contribution in [0.3, 0.4) is 0 Å². The molecule has 0 fully saturated rings. The minimum absolute atomic E-state index is 0.